The van der Waals surface area contributed by atoms with Crippen LogP contribution in [0.5, 0.6) is 5.75 Å². The van der Waals surface area contributed by atoms with Crippen LogP contribution in [0, 0.1) is 5.41 Å². The van der Waals surface area contributed by atoms with Gasteiger partial charge >= 0.3 is 0 Å². The molecule has 0 amide bonds. The third-order valence-electron chi connectivity index (χ3n) is 1.35. The summed E-state index contributed by atoms with van der Waals surface area (Å²) in [7, 11) is 0. The van der Waals surface area contributed by atoms with Crippen molar-refractivity contribution in [2.24, 2.45) is 0 Å². The Hall–Kier alpha value is -1.35. The number of benzene rings is 1. The van der Waals surface area contributed by atoms with Crippen LogP contribution in [-0.2, 0) is 4.79 Å². The lowest BCUT2D eigenvalue weighted by atomic mass is 10.1. The van der Waals surface area contributed by atoms with Gasteiger partial charge in [0.25, 0.3) is 5.24 Å². The van der Waals surface area contributed by atoms with E-state index >= 15 is 0 Å². The molecule has 0 heterocycles. The molecule has 1 aromatic rings. The standard InChI is InChI=1S/C8H6ClNO2/c9-8(12)7(10)5-3-1-2-4-6(5)11/h1-4,10-11H/p-1. The minimum Gasteiger partial charge on any atom is -0.872 e. The summed E-state index contributed by atoms with van der Waals surface area (Å²) in [5.41, 5.74) is -0.417. The van der Waals surface area contributed by atoms with Gasteiger partial charge in [-0.15, -0.1) is 0 Å². The highest BCUT2D eigenvalue weighted by atomic mass is 35.5. The molecule has 0 aliphatic rings. The Morgan fingerprint density at radius 1 is 1.42 bits per heavy atom. The number of rotatable bonds is 2. The van der Waals surface area contributed by atoms with E-state index in [1.165, 1.54) is 18.2 Å². The molecule has 0 unspecified atom stereocenters. The summed E-state index contributed by atoms with van der Waals surface area (Å²) in [6.45, 7) is 0. The lowest BCUT2D eigenvalue weighted by Crippen LogP contribution is -2.10. The van der Waals surface area contributed by atoms with Gasteiger partial charge in [0.1, 0.15) is 5.71 Å². The summed E-state index contributed by atoms with van der Waals surface area (Å²) in [6.07, 6.45) is 0. The van der Waals surface area contributed by atoms with E-state index in [-0.39, 0.29) is 11.3 Å². The molecule has 0 bridgehead atoms. The topological polar surface area (TPSA) is 64.0 Å². The Kier molecular flexibility index (Phi) is 2.45. The van der Waals surface area contributed by atoms with Gasteiger partial charge in [-0.3, -0.25) is 10.2 Å². The Bertz CT molecular complexity index is 336. The molecule has 0 atom stereocenters. The number of carbonyl (C=O) groups is 1. The zero-order valence-electron chi connectivity index (χ0n) is 6.00. The van der Waals surface area contributed by atoms with Crippen molar-refractivity contribution in [1.29, 1.82) is 5.41 Å². The van der Waals surface area contributed by atoms with Gasteiger partial charge < -0.3 is 5.11 Å². The van der Waals surface area contributed by atoms with Crippen LogP contribution >= 0.6 is 11.6 Å². The predicted molar refractivity (Wildman–Crippen MR) is 43.6 cm³/mol. The Labute approximate surface area is 74.1 Å². The number of hydrogen-bond acceptors (Lipinski definition) is 3. The van der Waals surface area contributed by atoms with Crippen molar-refractivity contribution in [2.75, 3.05) is 0 Å². The summed E-state index contributed by atoms with van der Waals surface area (Å²) in [5.74, 6) is -0.364. The first-order valence-corrected chi connectivity index (χ1v) is 3.55. The lowest BCUT2D eigenvalue weighted by Gasteiger charge is -2.10. The van der Waals surface area contributed by atoms with Crippen molar-refractivity contribution in [3.63, 3.8) is 0 Å². The molecule has 0 spiro atoms. The molecule has 0 aliphatic carbocycles. The minimum absolute atomic E-state index is 0.0394. The van der Waals surface area contributed by atoms with Crippen molar-refractivity contribution in [3.05, 3.63) is 29.8 Å². The zero-order valence-corrected chi connectivity index (χ0v) is 6.76. The van der Waals surface area contributed by atoms with Gasteiger partial charge in [-0.2, -0.15) is 0 Å². The van der Waals surface area contributed by atoms with E-state index in [2.05, 4.69) is 0 Å². The van der Waals surface area contributed by atoms with Crippen molar-refractivity contribution < 1.29 is 9.90 Å². The van der Waals surface area contributed by atoms with Crippen LogP contribution < -0.4 is 5.11 Å². The van der Waals surface area contributed by atoms with Crippen molar-refractivity contribution in [2.45, 2.75) is 0 Å². The molecule has 0 saturated heterocycles. The molecule has 0 aliphatic heterocycles. The highest BCUT2D eigenvalue weighted by Gasteiger charge is 2.07. The number of nitrogens with one attached hydrogen (secondary N) is 1. The molecule has 4 heteroatoms. The van der Waals surface area contributed by atoms with Crippen LogP contribution in [0.15, 0.2) is 24.3 Å². The first-order valence-electron chi connectivity index (χ1n) is 3.17. The fourth-order valence-corrected chi connectivity index (χ4v) is 0.881. The minimum atomic E-state index is -0.918. The molecule has 0 radical (unpaired) electrons. The molecule has 12 heavy (non-hydrogen) atoms. The van der Waals surface area contributed by atoms with E-state index in [0.717, 1.165) is 0 Å². The number of carbonyl (C=O) groups excluding carboxylic acids is 1. The number of hydrogen-bond donors (Lipinski definition) is 1. The van der Waals surface area contributed by atoms with E-state index in [1.54, 1.807) is 6.07 Å². The molecule has 1 N–H and O–H groups in total. The average molecular weight is 183 g/mol. The van der Waals surface area contributed by atoms with Crippen molar-refractivity contribution >= 4 is 22.6 Å². The second-order valence-corrected chi connectivity index (χ2v) is 2.49. The van der Waals surface area contributed by atoms with Gasteiger partial charge in [0, 0.05) is 0 Å². The van der Waals surface area contributed by atoms with Gasteiger partial charge in [0.2, 0.25) is 0 Å². The normalized spacial score (nSPS) is 9.42. The number of para-hydroxylation sites is 1. The number of halogens is 1. The molecule has 1 rings (SSSR count). The molecule has 0 saturated carbocycles. The monoisotopic (exact) mass is 182 g/mol. The van der Waals surface area contributed by atoms with E-state index < -0.39 is 11.0 Å². The second-order valence-electron chi connectivity index (χ2n) is 2.14. The summed E-state index contributed by atoms with van der Waals surface area (Å²) < 4.78 is 0. The molecule has 1 aromatic carbocycles. The third-order valence-corrected chi connectivity index (χ3v) is 1.54. The molecule has 0 aromatic heterocycles. The second kappa shape index (κ2) is 3.36. The Balaban J connectivity index is 3.11. The molecule has 0 fully saturated rings. The van der Waals surface area contributed by atoms with Crippen LogP contribution in [0.4, 0.5) is 0 Å². The van der Waals surface area contributed by atoms with E-state index in [9.17, 15) is 9.90 Å². The van der Waals surface area contributed by atoms with Gasteiger partial charge in [-0.05, 0) is 17.2 Å². The summed E-state index contributed by atoms with van der Waals surface area (Å²) in [4.78, 5) is 10.5. The first-order chi connectivity index (χ1) is 5.63. The van der Waals surface area contributed by atoms with Crippen LogP contribution in [0.3, 0.4) is 0 Å². The van der Waals surface area contributed by atoms with Gasteiger partial charge in [-0.25, -0.2) is 0 Å². The molecular weight excluding hydrogens is 178 g/mol. The van der Waals surface area contributed by atoms with E-state index in [1.807, 2.05) is 0 Å². The maximum absolute atomic E-state index is 11.0. The largest absolute Gasteiger partial charge is 0.872 e. The van der Waals surface area contributed by atoms with Gasteiger partial charge in [-0.1, -0.05) is 30.0 Å². The highest BCUT2D eigenvalue weighted by molar-refractivity contribution is 6.83. The highest BCUT2D eigenvalue weighted by Crippen LogP contribution is 2.13. The van der Waals surface area contributed by atoms with Crippen LogP contribution in [0.1, 0.15) is 5.56 Å². The van der Waals surface area contributed by atoms with Crippen LogP contribution in [0.25, 0.3) is 0 Å². The van der Waals surface area contributed by atoms with Crippen LogP contribution in [-0.4, -0.2) is 11.0 Å². The SMILES string of the molecule is N=C(C(=O)Cl)c1ccccc1[O-]. The lowest BCUT2D eigenvalue weighted by molar-refractivity contribution is -0.268. The predicted octanol–water partition coefficient (Wildman–Crippen LogP) is 0.893. The Morgan fingerprint density at radius 2 is 2.00 bits per heavy atom. The van der Waals surface area contributed by atoms with E-state index in [4.69, 9.17) is 17.0 Å². The fourth-order valence-electron chi connectivity index (χ4n) is 0.779. The molecule has 3 nitrogen and oxygen atoms in total. The van der Waals surface area contributed by atoms with Crippen LogP contribution in [0.2, 0.25) is 0 Å². The van der Waals surface area contributed by atoms with E-state index in [0.29, 0.717) is 0 Å². The maximum atomic E-state index is 11.0. The third kappa shape index (κ3) is 1.62. The van der Waals surface area contributed by atoms with Crippen molar-refractivity contribution in [1.82, 2.24) is 0 Å². The first kappa shape index (κ1) is 8.74. The fraction of sp³-hybridized carbons (Fsp3) is 0. The van der Waals surface area contributed by atoms with Gasteiger partial charge in [0.15, 0.2) is 0 Å². The smallest absolute Gasteiger partial charge is 0.270 e. The van der Waals surface area contributed by atoms with Gasteiger partial charge in [0.05, 0.1) is 0 Å². The van der Waals surface area contributed by atoms with Crippen molar-refractivity contribution in [3.8, 4) is 5.75 Å². The Morgan fingerprint density at radius 3 is 2.50 bits per heavy atom. The summed E-state index contributed by atoms with van der Waals surface area (Å²) in [5, 5.41) is 17.2. The summed E-state index contributed by atoms with van der Waals surface area (Å²) >= 11 is 5.03. The molecule has 62 valence electrons. The maximum Gasteiger partial charge on any atom is 0.270 e. The summed E-state index contributed by atoms with van der Waals surface area (Å²) in [6, 6.07) is 5.79. The quantitative estimate of drug-likeness (QED) is 0.546. The molecular formula is C8H5ClNO2-. The zero-order chi connectivity index (χ0) is 9.14. The average Bonchev–Trinajstić information content (AvgIpc) is 2.04.